The summed E-state index contributed by atoms with van der Waals surface area (Å²) in [5.74, 6) is -0.528. The number of thiophene rings is 1. The number of halogens is 2. The van der Waals surface area contributed by atoms with Gasteiger partial charge in [0.15, 0.2) is 0 Å². The van der Waals surface area contributed by atoms with Crippen molar-refractivity contribution in [2.75, 3.05) is 0 Å². The van der Waals surface area contributed by atoms with Gasteiger partial charge in [0.25, 0.3) is 0 Å². The first kappa shape index (κ1) is 17.2. The summed E-state index contributed by atoms with van der Waals surface area (Å²) in [5.41, 5.74) is 0. The zero-order valence-electron chi connectivity index (χ0n) is 16.2. The van der Waals surface area contributed by atoms with Crippen molar-refractivity contribution in [1.82, 2.24) is 0 Å². The molecule has 31 heavy (non-hydrogen) atoms. The van der Waals surface area contributed by atoms with E-state index in [1.807, 2.05) is 36.4 Å². The van der Waals surface area contributed by atoms with E-state index >= 15 is 0 Å². The molecule has 0 aliphatic carbocycles. The monoisotopic (exact) mass is 420 g/mol. The van der Waals surface area contributed by atoms with Crippen molar-refractivity contribution >= 4 is 74.6 Å². The zero-order valence-corrected chi connectivity index (χ0v) is 17.1. The zero-order chi connectivity index (χ0) is 20.7. The van der Waals surface area contributed by atoms with E-state index in [1.54, 1.807) is 23.5 Å². The predicted molar refractivity (Wildman–Crippen MR) is 129 cm³/mol. The molecule has 0 atom stereocenters. The first-order valence-electron chi connectivity index (χ1n) is 10.2. The summed E-state index contributed by atoms with van der Waals surface area (Å²) in [6.07, 6.45) is 0. The van der Waals surface area contributed by atoms with Gasteiger partial charge < -0.3 is 0 Å². The van der Waals surface area contributed by atoms with Gasteiger partial charge in [0.1, 0.15) is 11.6 Å². The fraction of sp³-hybridized carbons (Fsp3) is 0. The second-order valence-electron chi connectivity index (χ2n) is 7.98. The Morgan fingerprint density at radius 2 is 0.806 bits per heavy atom. The van der Waals surface area contributed by atoms with Gasteiger partial charge in [-0.25, -0.2) is 8.78 Å². The Labute approximate surface area is 179 Å². The summed E-state index contributed by atoms with van der Waals surface area (Å²) in [5, 5.41) is 10.3. The number of hydrogen-bond donors (Lipinski definition) is 0. The van der Waals surface area contributed by atoms with Gasteiger partial charge in [0, 0.05) is 30.9 Å². The molecule has 0 aliphatic heterocycles. The summed E-state index contributed by atoms with van der Waals surface area (Å²) in [7, 11) is 0. The van der Waals surface area contributed by atoms with Gasteiger partial charge in [-0.1, -0.05) is 60.7 Å². The van der Waals surface area contributed by atoms with Crippen molar-refractivity contribution in [2.45, 2.75) is 0 Å². The fourth-order valence-electron chi connectivity index (χ4n) is 5.07. The van der Waals surface area contributed by atoms with Crippen LogP contribution in [0.1, 0.15) is 0 Å². The van der Waals surface area contributed by atoms with Gasteiger partial charge in [-0.15, -0.1) is 11.3 Å². The van der Waals surface area contributed by atoms with Crippen molar-refractivity contribution in [1.29, 1.82) is 0 Å². The molecule has 0 N–H and O–H groups in total. The molecule has 1 heterocycles. The molecule has 0 saturated heterocycles. The van der Waals surface area contributed by atoms with Crippen LogP contribution in [0.4, 0.5) is 8.78 Å². The van der Waals surface area contributed by atoms with Gasteiger partial charge >= 0.3 is 0 Å². The van der Waals surface area contributed by atoms with Gasteiger partial charge in [-0.3, -0.25) is 0 Å². The third-order valence-electron chi connectivity index (χ3n) is 6.33. The van der Waals surface area contributed by atoms with Crippen molar-refractivity contribution in [3.05, 3.63) is 96.6 Å². The number of fused-ring (bicyclic) bond motifs is 13. The molecule has 0 bridgehead atoms. The van der Waals surface area contributed by atoms with Crippen LogP contribution < -0.4 is 0 Å². The van der Waals surface area contributed by atoms with E-state index < -0.39 is 0 Å². The summed E-state index contributed by atoms with van der Waals surface area (Å²) in [4.78, 5) is 0. The van der Waals surface area contributed by atoms with E-state index in [2.05, 4.69) is 24.3 Å². The Balaban J connectivity index is 1.93. The topological polar surface area (TPSA) is 0 Å². The fourth-order valence-corrected chi connectivity index (χ4v) is 6.48. The predicted octanol–water partition coefficient (Wildman–Crippen LogP) is 8.95. The highest BCUT2D eigenvalue weighted by atomic mass is 32.1. The lowest BCUT2D eigenvalue weighted by Crippen LogP contribution is -1.84. The van der Waals surface area contributed by atoms with Crippen molar-refractivity contribution < 1.29 is 8.78 Å². The second kappa shape index (κ2) is 5.99. The van der Waals surface area contributed by atoms with E-state index in [1.165, 1.54) is 12.1 Å². The molecule has 7 aromatic rings. The Kier molecular flexibility index (Phi) is 3.32. The maximum atomic E-state index is 14.4. The molecule has 3 heteroatoms. The average Bonchev–Trinajstić information content (AvgIpc) is 3.21. The Morgan fingerprint density at radius 3 is 1.26 bits per heavy atom. The van der Waals surface area contributed by atoms with Crippen LogP contribution >= 0.6 is 11.3 Å². The second-order valence-corrected chi connectivity index (χ2v) is 9.00. The molecule has 0 fully saturated rings. The highest BCUT2D eigenvalue weighted by Crippen LogP contribution is 2.49. The minimum absolute atomic E-state index is 0.264. The molecule has 0 unspecified atom stereocenters. The molecule has 6 aromatic carbocycles. The van der Waals surface area contributed by atoms with E-state index in [-0.39, 0.29) is 11.6 Å². The van der Waals surface area contributed by atoms with Gasteiger partial charge in [0.05, 0.1) is 0 Å². The van der Waals surface area contributed by atoms with Crippen LogP contribution in [0.5, 0.6) is 0 Å². The molecule has 0 aliphatic rings. The summed E-state index contributed by atoms with van der Waals surface area (Å²) in [6, 6.07) is 26.5. The maximum Gasteiger partial charge on any atom is 0.123 e. The third-order valence-corrected chi connectivity index (χ3v) is 7.59. The highest BCUT2D eigenvalue weighted by molar-refractivity contribution is 7.28. The van der Waals surface area contributed by atoms with Gasteiger partial charge in [-0.2, -0.15) is 0 Å². The molecule has 0 radical (unpaired) electrons. The molecule has 146 valence electrons. The average molecular weight is 420 g/mol. The number of benzene rings is 6. The van der Waals surface area contributed by atoms with Crippen LogP contribution in [-0.2, 0) is 0 Å². The van der Waals surface area contributed by atoms with Crippen LogP contribution in [-0.4, -0.2) is 0 Å². The largest absolute Gasteiger partial charge is 0.207 e. The molecule has 0 nitrogen and oxygen atoms in total. The van der Waals surface area contributed by atoms with Gasteiger partial charge in [-0.05, 0) is 56.6 Å². The van der Waals surface area contributed by atoms with Gasteiger partial charge in [0.2, 0.25) is 0 Å². The Hall–Kier alpha value is -3.56. The molecule has 0 amide bonds. The lowest BCUT2D eigenvalue weighted by atomic mass is 9.93. The minimum Gasteiger partial charge on any atom is -0.207 e. The standard InChI is InChI=1S/C28H14F2S/c29-15-9-11-19-17-5-1-3-7-21(17)27-25(23(19)13-15)26-24-14-16(30)10-12-20(24)18-6-2-4-8-22(18)28(26)31-27/h1-14H. The van der Waals surface area contributed by atoms with Crippen molar-refractivity contribution in [3.8, 4) is 0 Å². The number of hydrogen-bond acceptors (Lipinski definition) is 1. The van der Waals surface area contributed by atoms with Crippen molar-refractivity contribution in [3.63, 3.8) is 0 Å². The van der Waals surface area contributed by atoms with E-state index in [4.69, 9.17) is 0 Å². The summed E-state index contributed by atoms with van der Waals surface area (Å²) >= 11 is 1.72. The van der Waals surface area contributed by atoms with Crippen LogP contribution in [0.25, 0.3) is 63.3 Å². The van der Waals surface area contributed by atoms with Crippen LogP contribution in [0.3, 0.4) is 0 Å². The quantitative estimate of drug-likeness (QED) is 0.215. The van der Waals surface area contributed by atoms with E-state index in [0.717, 1.165) is 63.3 Å². The molecular weight excluding hydrogens is 406 g/mol. The lowest BCUT2D eigenvalue weighted by Gasteiger charge is -2.10. The normalized spacial score (nSPS) is 12.2. The summed E-state index contributed by atoms with van der Waals surface area (Å²) in [6.45, 7) is 0. The van der Waals surface area contributed by atoms with Crippen molar-refractivity contribution in [2.24, 2.45) is 0 Å². The van der Waals surface area contributed by atoms with Crippen LogP contribution in [0.2, 0.25) is 0 Å². The molecule has 1 aromatic heterocycles. The Bertz CT molecular complexity index is 1730. The van der Waals surface area contributed by atoms with Crippen LogP contribution in [0, 0.1) is 11.6 Å². The first-order chi connectivity index (χ1) is 15.2. The molecule has 7 rings (SSSR count). The minimum atomic E-state index is -0.264. The smallest absolute Gasteiger partial charge is 0.123 e. The third kappa shape index (κ3) is 2.21. The molecule has 0 saturated carbocycles. The number of rotatable bonds is 0. The van der Waals surface area contributed by atoms with E-state index in [0.29, 0.717) is 0 Å². The maximum absolute atomic E-state index is 14.4. The first-order valence-corrected chi connectivity index (χ1v) is 11.0. The Morgan fingerprint density at radius 1 is 0.419 bits per heavy atom. The van der Waals surface area contributed by atoms with Crippen LogP contribution in [0.15, 0.2) is 84.9 Å². The molecule has 0 spiro atoms. The van der Waals surface area contributed by atoms with E-state index in [9.17, 15) is 8.78 Å². The highest BCUT2D eigenvalue weighted by Gasteiger charge is 2.19. The summed E-state index contributed by atoms with van der Waals surface area (Å²) < 4.78 is 31.1. The lowest BCUT2D eigenvalue weighted by molar-refractivity contribution is 0.629. The molecular formula is C28H14F2S. The SMILES string of the molecule is Fc1ccc2c3ccccc3c3sc4c5ccccc5c5ccc(F)cc5c4c3c2c1.